The molecule has 68 valence electrons. The van der Waals surface area contributed by atoms with E-state index >= 15 is 0 Å². The lowest BCUT2D eigenvalue weighted by Crippen LogP contribution is -2.06. The van der Waals surface area contributed by atoms with Gasteiger partial charge in [-0.3, -0.25) is 0 Å². The average molecular weight is 188 g/mol. The molecule has 1 aromatic rings. The Morgan fingerprint density at radius 1 is 1.33 bits per heavy atom. The Balaban J connectivity index is 2.71. The molecule has 0 aliphatic carbocycles. The summed E-state index contributed by atoms with van der Waals surface area (Å²) in [5, 5.41) is 0. The molecule has 1 aromatic heterocycles. The van der Waals surface area contributed by atoms with Crippen LogP contribution in [0.25, 0.3) is 0 Å². The predicted octanol–water partition coefficient (Wildman–Crippen LogP) is 2.24. The van der Waals surface area contributed by atoms with E-state index in [2.05, 4.69) is 28.5 Å². The van der Waals surface area contributed by atoms with Gasteiger partial charge in [-0.15, -0.1) is 0 Å². The zero-order valence-corrected chi connectivity index (χ0v) is 8.28. The summed E-state index contributed by atoms with van der Waals surface area (Å²) in [6, 6.07) is 3.05. The first-order valence-electron chi connectivity index (χ1n) is 3.55. The Hall–Kier alpha value is -0.770. The van der Waals surface area contributed by atoms with E-state index in [0.29, 0.717) is 0 Å². The molecule has 0 fully saturated rings. The third-order valence-corrected chi connectivity index (χ3v) is 1.96. The maximum atomic E-state index is 12.4. The zero-order valence-electron chi connectivity index (χ0n) is 7.47. The van der Waals surface area contributed by atoms with Gasteiger partial charge in [-0.1, -0.05) is 0 Å². The number of pyridine rings is 1. The lowest BCUT2D eigenvalue weighted by molar-refractivity contribution is 0.622. The summed E-state index contributed by atoms with van der Waals surface area (Å²) in [5.74, 6) is 0.434. The van der Waals surface area contributed by atoms with Crippen LogP contribution in [0.4, 0.5) is 10.2 Å². The number of rotatable bonds is 2. The van der Waals surface area contributed by atoms with Crippen molar-refractivity contribution in [1.29, 1.82) is 0 Å². The first kappa shape index (κ1) is 9.32. The van der Waals surface area contributed by atoms with E-state index in [1.807, 2.05) is 0 Å². The van der Waals surface area contributed by atoms with Gasteiger partial charge in [0.1, 0.15) is 11.6 Å². The second-order valence-corrected chi connectivity index (χ2v) is 7.18. The lowest BCUT2D eigenvalue weighted by atomic mass is 10.5. The minimum atomic E-state index is -0.825. The largest absolute Gasteiger partial charge is 0.333 e. The first-order chi connectivity index (χ1) is 5.47. The predicted molar refractivity (Wildman–Crippen MR) is 53.2 cm³/mol. The molecule has 1 N–H and O–H groups in total. The minimum absolute atomic E-state index is 0.301. The van der Waals surface area contributed by atoms with Crippen molar-refractivity contribution in [3.63, 3.8) is 0 Å². The monoisotopic (exact) mass is 188 g/mol. The Morgan fingerprint density at radius 2 is 2.00 bits per heavy atom. The zero-order chi connectivity index (χ0) is 9.19. The molecule has 4 heteroatoms. The number of nitrogens with one attached hydrogen (secondary N) is 1. The van der Waals surface area contributed by atoms with Crippen molar-refractivity contribution >= 4 is 16.0 Å². The van der Waals surface area contributed by atoms with Crippen LogP contribution >= 0.6 is 10.2 Å². The minimum Gasteiger partial charge on any atom is -0.333 e. The van der Waals surface area contributed by atoms with E-state index in [4.69, 9.17) is 0 Å². The summed E-state index contributed by atoms with van der Waals surface area (Å²) in [6.07, 6.45) is 7.54. The smallest absolute Gasteiger partial charge is 0.141 e. The van der Waals surface area contributed by atoms with Crippen LogP contribution in [-0.2, 0) is 0 Å². The first-order valence-corrected chi connectivity index (χ1v) is 6.41. The molecule has 0 aliphatic rings. The highest BCUT2D eigenvalue weighted by Crippen LogP contribution is 2.34. The van der Waals surface area contributed by atoms with E-state index in [9.17, 15) is 4.39 Å². The van der Waals surface area contributed by atoms with Gasteiger partial charge >= 0.3 is 0 Å². The Bertz CT molecular complexity index is 253. The Kier molecular flexibility index (Phi) is 2.57. The second-order valence-electron chi connectivity index (χ2n) is 3.30. The number of hydrogen-bond acceptors (Lipinski definition) is 2. The summed E-state index contributed by atoms with van der Waals surface area (Å²) in [6.45, 7) is 0. The molecule has 0 saturated heterocycles. The Labute approximate surface area is 73.7 Å². The van der Waals surface area contributed by atoms with Crippen molar-refractivity contribution in [1.82, 2.24) is 4.98 Å². The fraction of sp³-hybridized carbons (Fsp3) is 0.375. The van der Waals surface area contributed by atoms with Crippen molar-refractivity contribution in [2.75, 3.05) is 23.5 Å². The van der Waals surface area contributed by atoms with Gasteiger partial charge in [0, 0.05) is 0 Å². The van der Waals surface area contributed by atoms with Crippen molar-refractivity contribution in [2.24, 2.45) is 0 Å². The van der Waals surface area contributed by atoms with Crippen LogP contribution < -0.4 is 4.72 Å². The van der Waals surface area contributed by atoms with Gasteiger partial charge in [0.15, 0.2) is 0 Å². The van der Waals surface area contributed by atoms with Gasteiger partial charge in [0.2, 0.25) is 0 Å². The molecular weight excluding hydrogens is 175 g/mol. The van der Waals surface area contributed by atoms with E-state index in [1.54, 1.807) is 6.07 Å². The number of anilines is 1. The summed E-state index contributed by atoms with van der Waals surface area (Å²) in [7, 11) is -0.825. The number of hydrogen-bond donors (Lipinski definition) is 1. The van der Waals surface area contributed by atoms with Crippen LogP contribution in [0.2, 0.25) is 0 Å². The molecule has 0 amide bonds. The highest BCUT2D eigenvalue weighted by Gasteiger charge is 2.03. The van der Waals surface area contributed by atoms with Crippen LogP contribution in [0.15, 0.2) is 18.3 Å². The fourth-order valence-corrected chi connectivity index (χ4v) is 1.50. The lowest BCUT2D eigenvalue weighted by Gasteiger charge is -2.27. The quantitative estimate of drug-likeness (QED) is 0.770. The molecule has 0 radical (unpaired) electrons. The molecule has 0 aromatic carbocycles. The molecular formula is C8H13FN2S. The van der Waals surface area contributed by atoms with E-state index < -0.39 is 10.2 Å². The van der Waals surface area contributed by atoms with Crippen LogP contribution in [0.1, 0.15) is 0 Å². The average Bonchev–Trinajstić information content (AvgIpc) is 1.91. The second kappa shape index (κ2) is 3.31. The maximum absolute atomic E-state index is 12.4. The number of aromatic nitrogens is 1. The number of halogens is 1. The van der Waals surface area contributed by atoms with Crippen molar-refractivity contribution in [3.8, 4) is 0 Å². The topological polar surface area (TPSA) is 24.9 Å². The maximum Gasteiger partial charge on any atom is 0.141 e. The molecule has 1 heterocycles. The van der Waals surface area contributed by atoms with Crippen LogP contribution in [0.3, 0.4) is 0 Å². The van der Waals surface area contributed by atoms with Gasteiger partial charge in [0.25, 0.3) is 0 Å². The highest BCUT2D eigenvalue weighted by atomic mass is 32.3. The summed E-state index contributed by atoms with van der Waals surface area (Å²) < 4.78 is 15.6. The Morgan fingerprint density at radius 3 is 2.42 bits per heavy atom. The molecule has 1 rings (SSSR count). The van der Waals surface area contributed by atoms with E-state index in [1.165, 1.54) is 12.3 Å². The van der Waals surface area contributed by atoms with Gasteiger partial charge in [0.05, 0.1) is 6.20 Å². The van der Waals surface area contributed by atoms with Gasteiger partial charge in [-0.05, 0) is 30.9 Å². The van der Waals surface area contributed by atoms with E-state index in [-0.39, 0.29) is 5.82 Å². The standard InChI is InChI=1S/C8H13FN2S/c1-12(2,3)11-8-5-4-7(9)6-10-8/h4-6H,1-3H3,(H,10,11). The summed E-state index contributed by atoms with van der Waals surface area (Å²) >= 11 is 0. The third-order valence-electron chi connectivity index (χ3n) is 1.14. The van der Waals surface area contributed by atoms with Crippen LogP contribution in [0.5, 0.6) is 0 Å². The van der Waals surface area contributed by atoms with Crippen molar-refractivity contribution in [3.05, 3.63) is 24.1 Å². The SMILES string of the molecule is CS(C)(C)Nc1ccc(F)cn1. The van der Waals surface area contributed by atoms with Crippen molar-refractivity contribution < 1.29 is 4.39 Å². The van der Waals surface area contributed by atoms with Gasteiger partial charge in [-0.2, -0.15) is 10.2 Å². The van der Waals surface area contributed by atoms with E-state index in [0.717, 1.165) is 5.82 Å². The molecule has 12 heavy (non-hydrogen) atoms. The van der Waals surface area contributed by atoms with Crippen LogP contribution in [0, 0.1) is 5.82 Å². The normalized spacial score (nSPS) is 12.7. The molecule has 0 aliphatic heterocycles. The third kappa shape index (κ3) is 3.09. The molecule has 0 spiro atoms. The molecule has 0 atom stereocenters. The van der Waals surface area contributed by atoms with Crippen LogP contribution in [-0.4, -0.2) is 23.8 Å². The van der Waals surface area contributed by atoms with Gasteiger partial charge in [-0.25, -0.2) is 9.37 Å². The molecule has 0 saturated carbocycles. The number of nitrogens with zero attached hydrogens (tertiary/aromatic N) is 1. The summed E-state index contributed by atoms with van der Waals surface area (Å²) in [4.78, 5) is 3.90. The molecule has 0 unspecified atom stereocenters. The molecule has 2 nitrogen and oxygen atoms in total. The fourth-order valence-electron chi connectivity index (χ4n) is 0.750. The van der Waals surface area contributed by atoms with Gasteiger partial charge < -0.3 is 4.72 Å². The van der Waals surface area contributed by atoms with Crippen molar-refractivity contribution in [2.45, 2.75) is 0 Å². The molecule has 0 bridgehead atoms. The highest BCUT2D eigenvalue weighted by molar-refractivity contribution is 8.33. The summed E-state index contributed by atoms with van der Waals surface area (Å²) in [5.41, 5.74) is 0.